The van der Waals surface area contributed by atoms with E-state index in [1.807, 2.05) is 18.4 Å². The molecule has 0 aliphatic rings. The van der Waals surface area contributed by atoms with Crippen LogP contribution in [0.2, 0.25) is 0 Å². The van der Waals surface area contributed by atoms with Crippen molar-refractivity contribution in [3.05, 3.63) is 75.4 Å². The molecular weight excluding hydrogens is 337 g/mol. The number of nitrogens with one attached hydrogen (secondary N) is 1. The van der Waals surface area contributed by atoms with Crippen molar-refractivity contribution in [3.63, 3.8) is 0 Å². The molecule has 0 atom stereocenters. The molecule has 0 aliphatic heterocycles. The number of aryl methyl sites for hydroxylation is 1. The van der Waals surface area contributed by atoms with E-state index in [2.05, 4.69) is 10.3 Å². The number of hydrogen-bond donors (Lipinski definition) is 2. The summed E-state index contributed by atoms with van der Waals surface area (Å²) >= 11 is 1.44. The number of thiophene rings is 1. The SMILES string of the molecule is Cc1csc(C(=O)Cc2ccc(F)c(CNc3cccnc3N)c2)c1. The molecular formula is C19H18FN3OS. The second-order valence-corrected chi connectivity index (χ2v) is 6.72. The van der Waals surface area contributed by atoms with E-state index >= 15 is 0 Å². The van der Waals surface area contributed by atoms with Crippen molar-refractivity contribution in [2.75, 3.05) is 11.1 Å². The summed E-state index contributed by atoms with van der Waals surface area (Å²) in [6.45, 7) is 2.22. The summed E-state index contributed by atoms with van der Waals surface area (Å²) in [4.78, 5) is 17.0. The molecule has 6 heteroatoms. The number of ketones is 1. The first kappa shape index (κ1) is 17.1. The number of carbonyl (C=O) groups excluding carboxylic acids is 1. The molecule has 0 saturated carbocycles. The standard InChI is InChI=1S/C19H18FN3OS/c1-12-7-18(25-11-12)17(24)9-13-4-5-15(20)14(8-13)10-23-16-3-2-6-22-19(16)21/h2-8,11,23H,9-10H2,1H3,(H2,21,22). The predicted octanol–water partition coefficient (Wildman–Crippen LogP) is 4.21. The quantitative estimate of drug-likeness (QED) is 0.650. The molecule has 3 N–H and O–H groups in total. The Bertz CT molecular complexity index is 907. The van der Waals surface area contributed by atoms with Crippen LogP contribution in [0.5, 0.6) is 0 Å². The topological polar surface area (TPSA) is 68.0 Å². The smallest absolute Gasteiger partial charge is 0.177 e. The molecule has 0 amide bonds. The maximum atomic E-state index is 14.1. The van der Waals surface area contributed by atoms with E-state index in [-0.39, 0.29) is 24.6 Å². The van der Waals surface area contributed by atoms with E-state index in [4.69, 9.17) is 5.73 Å². The van der Waals surface area contributed by atoms with Gasteiger partial charge in [0.15, 0.2) is 5.78 Å². The summed E-state index contributed by atoms with van der Waals surface area (Å²) in [5, 5.41) is 5.03. The number of carbonyl (C=O) groups is 1. The number of nitrogens with zero attached hydrogens (tertiary/aromatic N) is 1. The van der Waals surface area contributed by atoms with Gasteiger partial charge in [0.2, 0.25) is 0 Å². The van der Waals surface area contributed by atoms with Crippen molar-refractivity contribution in [1.82, 2.24) is 4.98 Å². The van der Waals surface area contributed by atoms with E-state index in [1.54, 1.807) is 30.5 Å². The lowest BCUT2D eigenvalue weighted by Crippen LogP contribution is -2.07. The minimum absolute atomic E-state index is 0.0418. The van der Waals surface area contributed by atoms with Crippen LogP contribution in [0.15, 0.2) is 48.0 Å². The monoisotopic (exact) mass is 355 g/mol. The first-order valence-electron chi connectivity index (χ1n) is 7.83. The summed E-state index contributed by atoms with van der Waals surface area (Å²) in [5.41, 5.74) is 8.77. The minimum Gasteiger partial charge on any atom is -0.382 e. The Kier molecular flexibility index (Phi) is 5.09. The molecule has 0 fully saturated rings. The normalized spacial score (nSPS) is 10.6. The Labute approximate surface area is 149 Å². The van der Waals surface area contributed by atoms with Gasteiger partial charge in [0.1, 0.15) is 11.6 Å². The number of nitrogen functional groups attached to an aromatic ring is 1. The molecule has 2 heterocycles. The third kappa shape index (κ3) is 4.22. The summed E-state index contributed by atoms with van der Waals surface area (Å²) in [6, 6.07) is 10.2. The molecule has 4 nitrogen and oxygen atoms in total. The van der Waals surface area contributed by atoms with Crippen LogP contribution in [0.3, 0.4) is 0 Å². The number of benzene rings is 1. The average Bonchev–Trinajstić information content (AvgIpc) is 3.03. The van der Waals surface area contributed by atoms with E-state index in [9.17, 15) is 9.18 Å². The maximum Gasteiger partial charge on any atom is 0.177 e. The van der Waals surface area contributed by atoms with E-state index in [1.165, 1.54) is 17.4 Å². The number of hydrogen-bond acceptors (Lipinski definition) is 5. The number of Topliss-reactive ketones (excluding diaryl/α,β-unsaturated/α-hetero) is 1. The highest BCUT2D eigenvalue weighted by atomic mass is 32.1. The molecule has 0 aliphatic carbocycles. The Morgan fingerprint density at radius 3 is 2.88 bits per heavy atom. The highest BCUT2D eigenvalue weighted by molar-refractivity contribution is 7.12. The fourth-order valence-electron chi connectivity index (χ4n) is 2.48. The zero-order valence-electron chi connectivity index (χ0n) is 13.8. The highest BCUT2D eigenvalue weighted by Gasteiger charge is 2.11. The van der Waals surface area contributed by atoms with Crippen LogP contribution >= 0.6 is 11.3 Å². The third-order valence-electron chi connectivity index (χ3n) is 3.79. The van der Waals surface area contributed by atoms with Gasteiger partial charge in [-0.2, -0.15) is 0 Å². The van der Waals surface area contributed by atoms with Gasteiger partial charge < -0.3 is 11.1 Å². The van der Waals surface area contributed by atoms with Crippen molar-refractivity contribution >= 4 is 28.6 Å². The van der Waals surface area contributed by atoms with Crippen molar-refractivity contribution in [2.45, 2.75) is 19.9 Å². The van der Waals surface area contributed by atoms with Crippen LogP contribution in [-0.4, -0.2) is 10.8 Å². The molecule has 0 saturated heterocycles. The van der Waals surface area contributed by atoms with Crippen molar-refractivity contribution in [2.24, 2.45) is 0 Å². The van der Waals surface area contributed by atoms with Gasteiger partial charge in [-0.25, -0.2) is 9.37 Å². The van der Waals surface area contributed by atoms with Crippen LogP contribution in [0, 0.1) is 12.7 Å². The van der Waals surface area contributed by atoms with Gasteiger partial charge in [-0.1, -0.05) is 12.1 Å². The van der Waals surface area contributed by atoms with Gasteiger partial charge in [0.05, 0.1) is 10.6 Å². The lowest BCUT2D eigenvalue weighted by atomic mass is 10.0. The summed E-state index contributed by atoms with van der Waals surface area (Å²) < 4.78 is 14.1. The molecule has 0 radical (unpaired) electrons. The van der Waals surface area contributed by atoms with Crippen molar-refractivity contribution < 1.29 is 9.18 Å². The number of nitrogens with two attached hydrogens (primary N) is 1. The molecule has 3 aromatic rings. The van der Waals surface area contributed by atoms with Crippen LogP contribution in [-0.2, 0) is 13.0 Å². The molecule has 2 aromatic heterocycles. The highest BCUT2D eigenvalue weighted by Crippen LogP contribution is 2.20. The summed E-state index contributed by atoms with van der Waals surface area (Å²) in [6.07, 6.45) is 1.85. The first-order valence-corrected chi connectivity index (χ1v) is 8.71. The molecule has 25 heavy (non-hydrogen) atoms. The Balaban J connectivity index is 1.72. The van der Waals surface area contributed by atoms with E-state index in [0.29, 0.717) is 17.1 Å². The second-order valence-electron chi connectivity index (χ2n) is 5.80. The second kappa shape index (κ2) is 7.44. The lowest BCUT2D eigenvalue weighted by molar-refractivity contribution is 0.0996. The van der Waals surface area contributed by atoms with Gasteiger partial charge in [-0.3, -0.25) is 4.79 Å². The molecule has 128 valence electrons. The van der Waals surface area contributed by atoms with Crippen LogP contribution in [0.4, 0.5) is 15.9 Å². The van der Waals surface area contributed by atoms with Gasteiger partial charge in [0, 0.05) is 24.7 Å². The molecule has 0 bridgehead atoms. The van der Waals surface area contributed by atoms with Gasteiger partial charge >= 0.3 is 0 Å². The number of anilines is 2. The van der Waals surface area contributed by atoms with Crippen LogP contribution in [0.1, 0.15) is 26.4 Å². The van der Waals surface area contributed by atoms with E-state index < -0.39 is 0 Å². The lowest BCUT2D eigenvalue weighted by Gasteiger charge is -2.10. The number of pyridine rings is 1. The predicted molar refractivity (Wildman–Crippen MR) is 99.5 cm³/mol. The van der Waals surface area contributed by atoms with Gasteiger partial charge in [0.25, 0.3) is 0 Å². The summed E-state index contributed by atoms with van der Waals surface area (Å²) in [7, 11) is 0. The number of halogens is 1. The number of aromatic nitrogens is 1. The number of rotatable bonds is 6. The molecule has 1 aromatic carbocycles. The molecule has 3 rings (SSSR count). The largest absolute Gasteiger partial charge is 0.382 e. The first-order chi connectivity index (χ1) is 12.0. The van der Waals surface area contributed by atoms with E-state index in [0.717, 1.165) is 16.0 Å². The Morgan fingerprint density at radius 1 is 1.32 bits per heavy atom. The molecule has 0 unspecified atom stereocenters. The third-order valence-corrected chi connectivity index (χ3v) is 4.88. The minimum atomic E-state index is -0.321. The maximum absolute atomic E-state index is 14.1. The summed E-state index contributed by atoms with van der Waals surface area (Å²) in [5.74, 6) is 0.0838. The van der Waals surface area contributed by atoms with Gasteiger partial charge in [-0.05, 0) is 47.7 Å². The Hall–Kier alpha value is -2.73. The van der Waals surface area contributed by atoms with Crippen LogP contribution < -0.4 is 11.1 Å². The van der Waals surface area contributed by atoms with Crippen LogP contribution in [0.25, 0.3) is 0 Å². The fraction of sp³-hybridized carbons (Fsp3) is 0.158. The average molecular weight is 355 g/mol. The van der Waals surface area contributed by atoms with Gasteiger partial charge in [-0.15, -0.1) is 11.3 Å². The Morgan fingerprint density at radius 2 is 2.16 bits per heavy atom. The van der Waals surface area contributed by atoms with Crippen molar-refractivity contribution in [3.8, 4) is 0 Å². The molecule has 0 spiro atoms. The van der Waals surface area contributed by atoms with Crippen molar-refractivity contribution in [1.29, 1.82) is 0 Å². The zero-order chi connectivity index (χ0) is 17.8. The fourth-order valence-corrected chi connectivity index (χ4v) is 3.32. The zero-order valence-corrected chi connectivity index (χ0v) is 14.6.